The van der Waals surface area contributed by atoms with E-state index in [1.165, 1.54) is 17.3 Å². The summed E-state index contributed by atoms with van der Waals surface area (Å²) in [5.41, 5.74) is 1.10. The maximum Gasteiger partial charge on any atom is 0.137 e. The summed E-state index contributed by atoms with van der Waals surface area (Å²) in [6.45, 7) is 0.300. The van der Waals surface area contributed by atoms with E-state index in [0.29, 0.717) is 27.9 Å². The van der Waals surface area contributed by atoms with Crippen molar-refractivity contribution in [2.75, 3.05) is 0 Å². The lowest BCUT2D eigenvalue weighted by molar-refractivity contribution is 0.317. The molecule has 1 aromatic carbocycles. The first kappa shape index (κ1) is 11.9. The standard InChI is InChI=1S/C10H8Cl2N4O/c11-8-2-1-7(3-9(8)12)10(15-17)4-16-6-13-5-14-16/h1-3,5-6,17H,4H2/b15-10+. The molecule has 0 atom stereocenters. The molecule has 2 rings (SSSR count). The summed E-state index contributed by atoms with van der Waals surface area (Å²) in [4.78, 5) is 3.80. The lowest BCUT2D eigenvalue weighted by atomic mass is 10.1. The SMILES string of the molecule is O/N=C(\Cn1cncn1)c1ccc(Cl)c(Cl)c1. The number of aromatic nitrogens is 3. The quantitative estimate of drug-likeness (QED) is 0.530. The van der Waals surface area contributed by atoms with Crippen LogP contribution in [0.25, 0.3) is 0 Å². The van der Waals surface area contributed by atoms with Crippen LogP contribution < -0.4 is 0 Å². The molecule has 7 heteroatoms. The second-order valence-electron chi connectivity index (χ2n) is 3.27. The van der Waals surface area contributed by atoms with E-state index in [4.69, 9.17) is 28.4 Å². The summed E-state index contributed by atoms with van der Waals surface area (Å²) in [6, 6.07) is 5.00. The molecule has 0 unspecified atom stereocenters. The molecule has 0 aliphatic rings. The van der Waals surface area contributed by atoms with Crippen LogP contribution in [0.2, 0.25) is 10.0 Å². The predicted octanol–water partition coefficient (Wildman–Crippen LogP) is 2.46. The third kappa shape index (κ3) is 2.75. The van der Waals surface area contributed by atoms with Crippen LogP contribution in [-0.4, -0.2) is 25.7 Å². The summed E-state index contributed by atoms with van der Waals surface area (Å²) in [6.07, 6.45) is 2.94. The third-order valence-electron chi connectivity index (χ3n) is 2.15. The topological polar surface area (TPSA) is 63.3 Å². The molecule has 1 N–H and O–H groups in total. The molecule has 0 aliphatic carbocycles. The van der Waals surface area contributed by atoms with Crippen molar-refractivity contribution in [3.05, 3.63) is 46.5 Å². The van der Waals surface area contributed by atoms with E-state index in [9.17, 15) is 0 Å². The molecule has 88 valence electrons. The van der Waals surface area contributed by atoms with Crippen molar-refractivity contribution in [2.45, 2.75) is 6.54 Å². The van der Waals surface area contributed by atoms with Gasteiger partial charge in [0, 0.05) is 5.56 Å². The van der Waals surface area contributed by atoms with Crippen LogP contribution in [0.5, 0.6) is 0 Å². The van der Waals surface area contributed by atoms with Crippen LogP contribution in [-0.2, 0) is 6.54 Å². The monoisotopic (exact) mass is 270 g/mol. The van der Waals surface area contributed by atoms with Gasteiger partial charge in [0.05, 0.1) is 16.6 Å². The molecular formula is C10H8Cl2N4O. The van der Waals surface area contributed by atoms with Crippen LogP contribution in [0.15, 0.2) is 36.0 Å². The summed E-state index contributed by atoms with van der Waals surface area (Å²) in [5, 5.41) is 17.0. The van der Waals surface area contributed by atoms with E-state index in [1.54, 1.807) is 18.2 Å². The Morgan fingerprint density at radius 3 is 2.76 bits per heavy atom. The molecule has 0 aliphatic heterocycles. The fourth-order valence-corrected chi connectivity index (χ4v) is 1.62. The Morgan fingerprint density at radius 1 is 1.35 bits per heavy atom. The van der Waals surface area contributed by atoms with E-state index in [1.807, 2.05) is 0 Å². The molecule has 0 saturated carbocycles. The minimum absolute atomic E-state index is 0.300. The zero-order valence-electron chi connectivity index (χ0n) is 8.59. The maximum absolute atomic E-state index is 8.99. The summed E-state index contributed by atoms with van der Waals surface area (Å²) in [7, 11) is 0. The number of hydrogen-bond acceptors (Lipinski definition) is 4. The average molecular weight is 271 g/mol. The Kier molecular flexibility index (Phi) is 3.61. The average Bonchev–Trinajstić information content (AvgIpc) is 2.82. The zero-order chi connectivity index (χ0) is 12.3. The predicted molar refractivity (Wildman–Crippen MR) is 64.8 cm³/mol. The minimum Gasteiger partial charge on any atom is -0.411 e. The number of halogens is 2. The van der Waals surface area contributed by atoms with Crippen LogP contribution in [0, 0.1) is 0 Å². The molecule has 0 spiro atoms. The molecule has 5 nitrogen and oxygen atoms in total. The fraction of sp³-hybridized carbons (Fsp3) is 0.100. The van der Waals surface area contributed by atoms with Crippen LogP contribution in [0.3, 0.4) is 0 Å². The van der Waals surface area contributed by atoms with Crippen molar-refractivity contribution < 1.29 is 5.21 Å². The molecule has 0 radical (unpaired) electrons. The second-order valence-corrected chi connectivity index (χ2v) is 4.08. The molecule has 0 fully saturated rings. The smallest absolute Gasteiger partial charge is 0.137 e. The van der Waals surface area contributed by atoms with E-state index >= 15 is 0 Å². The van der Waals surface area contributed by atoms with E-state index in [-0.39, 0.29) is 0 Å². The van der Waals surface area contributed by atoms with Gasteiger partial charge < -0.3 is 5.21 Å². The number of oxime groups is 1. The summed E-state index contributed by atoms with van der Waals surface area (Å²) in [5.74, 6) is 0. The largest absolute Gasteiger partial charge is 0.411 e. The lowest BCUT2D eigenvalue weighted by Crippen LogP contribution is -2.12. The van der Waals surface area contributed by atoms with Gasteiger partial charge in [-0.2, -0.15) is 5.10 Å². The first-order chi connectivity index (χ1) is 8.20. The molecule has 2 aromatic rings. The third-order valence-corrected chi connectivity index (χ3v) is 2.89. The van der Waals surface area contributed by atoms with Crippen LogP contribution in [0.4, 0.5) is 0 Å². The molecular weight excluding hydrogens is 263 g/mol. The van der Waals surface area contributed by atoms with Gasteiger partial charge in [-0.3, -0.25) is 0 Å². The maximum atomic E-state index is 8.99. The molecule has 0 bridgehead atoms. The van der Waals surface area contributed by atoms with Crippen molar-refractivity contribution >= 4 is 28.9 Å². The highest BCUT2D eigenvalue weighted by molar-refractivity contribution is 6.42. The molecule has 0 saturated heterocycles. The second kappa shape index (κ2) is 5.16. The molecule has 17 heavy (non-hydrogen) atoms. The van der Waals surface area contributed by atoms with E-state index < -0.39 is 0 Å². The van der Waals surface area contributed by atoms with E-state index in [0.717, 1.165) is 0 Å². The number of rotatable bonds is 3. The Balaban J connectivity index is 2.27. The molecule has 1 heterocycles. The van der Waals surface area contributed by atoms with Crippen molar-refractivity contribution in [1.82, 2.24) is 14.8 Å². The van der Waals surface area contributed by atoms with Crippen molar-refractivity contribution in [3.8, 4) is 0 Å². The van der Waals surface area contributed by atoms with E-state index in [2.05, 4.69) is 15.2 Å². The highest BCUT2D eigenvalue weighted by atomic mass is 35.5. The van der Waals surface area contributed by atoms with Crippen molar-refractivity contribution in [2.24, 2.45) is 5.16 Å². The van der Waals surface area contributed by atoms with Crippen LogP contribution in [0.1, 0.15) is 5.56 Å². The highest BCUT2D eigenvalue weighted by Gasteiger charge is 2.08. The fourth-order valence-electron chi connectivity index (χ4n) is 1.32. The van der Waals surface area contributed by atoms with Gasteiger partial charge in [-0.05, 0) is 12.1 Å². The van der Waals surface area contributed by atoms with Crippen molar-refractivity contribution in [1.29, 1.82) is 0 Å². The minimum atomic E-state index is 0.300. The molecule has 1 aromatic heterocycles. The Hall–Kier alpha value is -1.59. The van der Waals surface area contributed by atoms with Gasteiger partial charge in [-0.1, -0.05) is 34.4 Å². The van der Waals surface area contributed by atoms with Gasteiger partial charge in [0.1, 0.15) is 18.4 Å². The van der Waals surface area contributed by atoms with Gasteiger partial charge in [0.2, 0.25) is 0 Å². The van der Waals surface area contributed by atoms with Gasteiger partial charge in [-0.15, -0.1) is 0 Å². The zero-order valence-corrected chi connectivity index (χ0v) is 10.1. The first-order valence-corrected chi connectivity index (χ1v) is 5.45. The Morgan fingerprint density at radius 2 is 2.18 bits per heavy atom. The highest BCUT2D eigenvalue weighted by Crippen LogP contribution is 2.23. The number of nitrogens with zero attached hydrogens (tertiary/aromatic N) is 4. The van der Waals surface area contributed by atoms with Crippen LogP contribution >= 0.6 is 23.2 Å². The Bertz CT molecular complexity index is 539. The van der Waals surface area contributed by atoms with Gasteiger partial charge in [0.25, 0.3) is 0 Å². The van der Waals surface area contributed by atoms with Gasteiger partial charge in [-0.25, -0.2) is 9.67 Å². The van der Waals surface area contributed by atoms with Gasteiger partial charge in [0.15, 0.2) is 0 Å². The number of hydrogen-bond donors (Lipinski definition) is 1. The number of benzene rings is 1. The normalized spacial score (nSPS) is 11.8. The molecule has 0 amide bonds. The lowest BCUT2D eigenvalue weighted by Gasteiger charge is -2.05. The summed E-state index contributed by atoms with van der Waals surface area (Å²) >= 11 is 11.7. The van der Waals surface area contributed by atoms with Gasteiger partial charge >= 0.3 is 0 Å². The Labute approximate surface area is 107 Å². The van der Waals surface area contributed by atoms with Crippen molar-refractivity contribution in [3.63, 3.8) is 0 Å². The summed E-state index contributed by atoms with van der Waals surface area (Å²) < 4.78 is 1.54. The first-order valence-electron chi connectivity index (χ1n) is 4.69.